The number of esters is 1. The van der Waals surface area contributed by atoms with E-state index in [9.17, 15) is 13.2 Å². The Kier molecular flexibility index (Phi) is 5.03. The molecule has 0 amide bonds. The molecule has 1 atom stereocenters. The Balaban J connectivity index is 1.41. The van der Waals surface area contributed by atoms with Crippen LogP contribution in [0, 0.1) is 0 Å². The molecule has 0 bridgehead atoms. The lowest BCUT2D eigenvalue weighted by Crippen LogP contribution is -2.48. The van der Waals surface area contributed by atoms with Gasteiger partial charge in [-0.15, -0.1) is 0 Å². The lowest BCUT2D eigenvalue weighted by molar-refractivity contribution is -0.0345. The van der Waals surface area contributed by atoms with E-state index < -0.39 is 15.6 Å². The Hall–Kier alpha value is -3.16. The van der Waals surface area contributed by atoms with Gasteiger partial charge in [0.25, 0.3) is 0 Å². The first kappa shape index (κ1) is 20.7. The highest BCUT2D eigenvalue weighted by Gasteiger charge is 2.50. The van der Waals surface area contributed by atoms with Gasteiger partial charge in [0.1, 0.15) is 5.75 Å². The zero-order valence-corrected chi connectivity index (χ0v) is 18.5. The number of carbonyl (C=O) groups excluding carboxylic acids is 1. The summed E-state index contributed by atoms with van der Waals surface area (Å²) in [7, 11) is -2.12. The number of rotatable bonds is 4. The molecule has 1 spiro atoms. The number of piperidine rings is 1. The van der Waals surface area contributed by atoms with Gasteiger partial charge in [0.15, 0.2) is 5.60 Å². The van der Waals surface area contributed by atoms with Crippen LogP contribution in [0.2, 0.25) is 0 Å². The Morgan fingerprint density at radius 1 is 0.938 bits per heavy atom. The lowest BCUT2D eigenvalue weighted by Gasteiger charge is -2.38. The van der Waals surface area contributed by atoms with E-state index in [1.165, 1.54) is 4.31 Å². The minimum atomic E-state index is -3.73. The van der Waals surface area contributed by atoms with Crippen LogP contribution in [-0.4, -0.2) is 38.9 Å². The highest BCUT2D eigenvalue weighted by molar-refractivity contribution is 7.89. The molecule has 0 saturated carbocycles. The number of benzene rings is 3. The first-order valence-corrected chi connectivity index (χ1v) is 11.9. The Bertz CT molecular complexity index is 1270. The van der Waals surface area contributed by atoms with Gasteiger partial charge < -0.3 is 9.47 Å². The number of fused-ring (bicyclic) bond motifs is 2. The summed E-state index contributed by atoms with van der Waals surface area (Å²) in [5.41, 5.74) is 2.28. The minimum absolute atomic E-state index is 0.123. The fourth-order valence-electron chi connectivity index (χ4n) is 4.59. The van der Waals surface area contributed by atoms with Gasteiger partial charge in [0.2, 0.25) is 10.0 Å². The number of hydrogen-bond acceptors (Lipinski definition) is 5. The fraction of sp³-hybridized carbons (Fsp3) is 0.240. The molecular weight excluding hydrogens is 426 g/mol. The molecule has 6 nitrogen and oxygen atoms in total. The molecular formula is C25H23NO5S. The third kappa shape index (κ3) is 3.38. The Morgan fingerprint density at radius 2 is 1.59 bits per heavy atom. The van der Waals surface area contributed by atoms with E-state index in [0.717, 1.165) is 22.4 Å². The third-order valence-corrected chi connectivity index (χ3v) is 8.12. The summed E-state index contributed by atoms with van der Waals surface area (Å²) < 4.78 is 39.2. The van der Waals surface area contributed by atoms with Crippen LogP contribution in [0.5, 0.6) is 5.75 Å². The van der Waals surface area contributed by atoms with Crippen molar-refractivity contribution >= 4 is 16.0 Å². The highest BCUT2D eigenvalue weighted by Crippen LogP contribution is 2.43. The Labute approximate surface area is 187 Å². The van der Waals surface area contributed by atoms with Crippen molar-refractivity contribution in [2.45, 2.75) is 23.3 Å². The van der Waals surface area contributed by atoms with Crippen molar-refractivity contribution in [1.29, 1.82) is 0 Å². The summed E-state index contributed by atoms with van der Waals surface area (Å²) in [6.45, 7) is 0.516. The van der Waals surface area contributed by atoms with E-state index in [1.807, 2.05) is 36.4 Å². The van der Waals surface area contributed by atoms with Crippen LogP contribution >= 0.6 is 0 Å². The first-order chi connectivity index (χ1) is 15.4. The standard InChI is InChI=1S/C25H23NO5S/c1-30-20-11-7-18(8-12-20)19-9-13-21(14-10-19)32(28,29)26-16-4-15-25(17-26)23-6-3-2-5-22(23)24(27)31-25/h2-3,5-14H,4,15-17H2,1H3. The highest BCUT2D eigenvalue weighted by atomic mass is 32.2. The predicted octanol–water partition coefficient (Wildman–Crippen LogP) is 4.21. The van der Waals surface area contributed by atoms with Gasteiger partial charge in [-0.05, 0) is 54.3 Å². The van der Waals surface area contributed by atoms with Crippen molar-refractivity contribution in [1.82, 2.24) is 4.31 Å². The number of methoxy groups -OCH3 is 1. The molecule has 32 heavy (non-hydrogen) atoms. The lowest BCUT2D eigenvalue weighted by atomic mass is 9.86. The summed E-state index contributed by atoms with van der Waals surface area (Å²) in [4.78, 5) is 12.6. The SMILES string of the molecule is COc1ccc(-c2ccc(S(=O)(=O)N3CCCC4(C3)OC(=O)c3ccccc34)cc2)cc1. The number of carbonyl (C=O) groups is 1. The van der Waals surface area contributed by atoms with Gasteiger partial charge >= 0.3 is 5.97 Å². The molecule has 2 heterocycles. The molecule has 5 rings (SSSR count). The van der Waals surface area contributed by atoms with E-state index in [-0.39, 0.29) is 17.4 Å². The molecule has 1 unspecified atom stereocenters. The quantitative estimate of drug-likeness (QED) is 0.558. The number of ether oxygens (including phenoxy) is 2. The molecule has 1 fully saturated rings. The number of hydrogen-bond donors (Lipinski definition) is 0. The van der Waals surface area contributed by atoms with E-state index in [0.29, 0.717) is 24.9 Å². The van der Waals surface area contributed by atoms with Gasteiger partial charge in [-0.25, -0.2) is 13.2 Å². The van der Waals surface area contributed by atoms with Gasteiger partial charge in [0, 0.05) is 12.1 Å². The monoisotopic (exact) mass is 449 g/mol. The molecule has 164 valence electrons. The summed E-state index contributed by atoms with van der Waals surface area (Å²) in [5, 5.41) is 0. The average Bonchev–Trinajstić information content (AvgIpc) is 3.10. The molecule has 0 radical (unpaired) electrons. The van der Waals surface area contributed by atoms with Crippen molar-refractivity contribution < 1.29 is 22.7 Å². The first-order valence-electron chi connectivity index (χ1n) is 10.5. The molecule has 3 aromatic carbocycles. The maximum Gasteiger partial charge on any atom is 0.339 e. The maximum absolute atomic E-state index is 13.4. The molecule has 0 N–H and O–H groups in total. The predicted molar refractivity (Wildman–Crippen MR) is 120 cm³/mol. The number of nitrogens with zero attached hydrogens (tertiary/aromatic N) is 1. The zero-order valence-electron chi connectivity index (χ0n) is 17.7. The van der Waals surface area contributed by atoms with Crippen LogP contribution in [0.4, 0.5) is 0 Å². The molecule has 1 saturated heterocycles. The summed E-state index contributed by atoms with van der Waals surface area (Å²) >= 11 is 0. The van der Waals surface area contributed by atoms with Crippen LogP contribution < -0.4 is 4.74 Å². The van der Waals surface area contributed by atoms with Crippen molar-refractivity contribution in [3.63, 3.8) is 0 Å². The van der Waals surface area contributed by atoms with Crippen molar-refractivity contribution in [3.8, 4) is 16.9 Å². The second-order valence-electron chi connectivity index (χ2n) is 8.12. The second-order valence-corrected chi connectivity index (χ2v) is 10.1. The van der Waals surface area contributed by atoms with Gasteiger partial charge in [-0.2, -0.15) is 4.31 Å². The molecule has 0 aliphatic carbocycles. The topological polar surface area (TPSA) is 72.9 Å². The second kappa shape index (κ2) is 7.76. The smallest absolute Gasteiger partial charge is 0.339 e. The van der Waals surface area contributed by atoms with Crippen molar-refractivity contribution in [2.75, 3.05) is 20.2 Å². The van der Waals surface area contributed by atoms with Crippen LogP contribution in [0.25, 0.3) is 11.1 Å². The summed E-state index contributed by atoms with van der Waals surface area (Å²) in [6, 6.07) is 21.7. The van der Waals surface area contributed by atoms with Crippen molar-refractivity contribution in [2.24, 2.45) is 0 Å². The molecule has 0 aromatic heterocycles. The normalized spacial score (nSPS) is 20.7. The van der Waals surface area contributed by atoms with E-state index in [1.54, 1.807) is 43.5 Å². The minimum Gasteiger partial charge on any atom is -0.497 e. The van der Waals surface area contributed by atoms with E-state index in [4.69, 9.17) is 9.47 Å². The van der Waals surface area contributed by atoms with Crippen LogP contribution in [0.1, 0.15) is 28.8 Å². The fourth-order valence-corrected chi connectivity index (χ4v) is 6.12. The summed E-state index contributed by atoms with van der Waals surface area (Å²) in [5.74, 6) is 0.379. The largest absolute Gasteiger partial charge is 0.497 e. The molecule has 7 heteroatoms. The Morgan fingerprint density at radius 3 is 2.28 bits per heavy atom. The van der Waals surface area contributed by atoms with Crippen LogP contribution in [0.15, 0.2) is 77.7 Å². The van der Waals surface area contributed by atoms with Gasteiger partial charge in [0.05, 0.1) is 24.1 Å². The molecule has 2 aliphatic heterocycles. The van der Waals surface area contributed by atoms with Crippen LogP contribution in [0.3, 0.4) is 0 Å². The molecule has 2 aliphatic rings. The van der Waals surface area contributed by atoms with Gasteiger partial charge in [-0.3, -0.25) is 0 Å². The molecule has 3 aromatic rings. The van der Waals surface area contributed by atoms with Crippen LogP contribution in [-0.2, 0) is 20.4 Å². The van der Waals surface area contributed by atoms with E-state index in [2.05, 4.69) is 0 Å². The van der Waals surface area contributed by atoms with Crippen molar-refractivity contribution in [3.05, 3.63) is 83.9 Å². The average molecular weight is 450 g/mol. The van der Waals surface area contributed by atoms with Gasteiger partial charge in [-0.1, -0.05) is 42.5 Å². The summed E-state index contributed by atoms with van der Waals surface area (Å²) in [6.07, 6.45) is 1.23. The number of sulfonamides is 1. The maximum atomic E-state index is 13.4. The van der Waals surface area contributed by atoms with E-state index >= 15 is 0 Å². The third-order valence-electron chi connectivity index (χ3n) is 6.26. The zero-order chi connectivity index (χ0) is 22.3.